The van der Waals surface area contributed by atoms with E-state index in [0.717, 1.165) is 6.54 Å². The van der Waals surface area contributed by atoms with Crippen LogP contribution in [-0.4, -0.2) is 35.4 Å². The van der Waals surface area contributed by atoms with E-state index in [4.69, 9.17) is 11.6 Å². The third-order valence-electron chi connectivity index (χ3n) is 1.67. The molecule has 0 aliphatic carbocycles. The maximum atomic E-state index is 11.1. The molecule has 4 heteroatoms. The molecule has 2 amide bonds. The summed E-state index contributed by atoms with van der Waals surface area (Å²) in [4.78, 5) is 12.9. The fraction of sp³-hybridized carbons (Fsp3) is 0.857. The number of halogens is 1. The van der Waals surface area contributed by atoms with Gasteiger partial charge in [0.2, 0.25) is 0 Å². The molecule has 0 saturated carbocycles. The zero-order chi connectivity index (χ0) is 8.48. The van der Waals surface area contributed by atoms with Crippen molar-refractivity contribution in [3.05, 3.63) is 0 Å². The van der Waals surface area contributed by atoms with Gasteiger partial charge in [-0.2, -0.15) is 0 Å². The molecule has 1 saturated heterocycles. The van der Waals surface area contributed by atoms with Gasteiger partial charge in [-0.1, -0.05) is 0 Å². The first-order valence-corrected chi connectivity index (χ1v) is 4.22. The molecule has 0 atom stereocenters. The van der Waals surface area contributed by atoms with E-state index in [2.05, 4.69) is 5.32 Å². The number of nitrogens with one attached hydrogen (secondary N) is 1. The highest BCUT2D eigenvalue weighted by molar-refractivity contribution is 6.18. The Hall–Kier alpha value is -0.440. The van der Waals surface area contributed by atoms with Crippen molar-refractivity contribution in [2.45, 2.75) is 19.4 Å². The Bertz CT molecular complexity index is 170. The molecule has 1 fully saturated rings. The second-order valence-electron chi connectivity index (χ2n) is 3.42. The largest absolute Gasteiger partial charge is 0.331 e. The molecule has 1 aliphatic rings. The van der Waals surface area contributed by atoms with Crippen LogP contribution in [0.1, 0.15) is 13.8 Å². The molecule has 0 aromatic heterocycles. The van der Waals surface area contributed by atoms with Gasteiger partial charge in [-0.15, -0.1) is 11.6 Å². The molecule has 1 rings (SSSR count). The number of hydrogen-bond donors (Lipinski definition) is 1. The summed E-state index contributed by atoms with van der Waals surface area (Å²) in [5.74, 6) is 0.503. The molecule has 0 bridgehead atoms. The van der Waals surface area contributed by atoms with Crippen LogP contribution < -0.4 is 5.32 Å². The van der Waals surface area contributed by atoms with E-state index >= 15 is 0 Å². The molecule has 0 aromatic rings. The number of amides is 2. The van der Waals surface area contributed by atoms with Crippen molar-refractivity contribution < 1.29 is 4.79 Å². The van der Waals surface area contributed by atoms with Crippen LogP contribution in [0.15, 0.2) is 0 Å². The molecule has 3 nitrogen and oxygen atoms in total. The number of carbonyl (C=O) groups excluding carboxylic acids is 1. The van der Waals surface area contributed by atoms with Gasteiger partial charge in [-0.25, -0.2) is 4.79 Å². The molecule has 0 radical (unpaired) electrons. The van der Waals surface area contributed by atoms with Crippen LogP contribution in [0.25, 0.3) is 0 Å². The molecular weight excluding hydrogens is 164 g/mol. The maximum absolute atomic E-state index is 11.1. The zero-order valence-corrected chi connectivity index (χ0v) is 7.61. The van der Waals surface area contributed by atoms with Gasteiger partial charge in [0.05, 0.1) is 5.54 Å². The molecule has 0 spiro atoms. The zero-order valence-electron chi connectivity index (χ0n) is 6.85. The molecule has 1 heterocycles. The third kappa shape index (κ3) is 1.99. The first-order chi connectivity index (χ1) is 5.05. The Kier molecular flexibility index (Phi) is 2.28. The number of rotatable bonds is 2. The molecule has 1 aliphatic heterocycles. The van der Waals surface area contributed by atoms with Crippen molar-refractivity contribution >= 4 is 17.6 Å². The molecule has 11 heavy (non-hydrogen) atoms. The number of urea groups is 1. The summed E-state index contributed by atoms with van der Waals surface area (Å²) in [6.07, 6.45) is 0. The van der Waals surface area contributed by atoms with Crippen molar-refractivity contribution in [1.82, 2.24) is 10.2 Å². The van der Waals surface area contributed by atoms with Crippen molar-refractivity contribution in [1.29, 1.82) is 0 Å². The quantitative estimate of drug-likeness (QED) is 0.627. The second-order valence-corrected chi connectivity index (χ2v) is 3.80. The van der Waals surface area contributed by atoms with E-state index in [0.29, 0.717) is 12.4 Å². The van der Waals surface area contributed by atoms with Gasteiger partial charge in [-0.3, -0.25) is 0 Å². The minimum absolute atomic E-state index is 0.00403. The van der Waals surface area contributed by atoms with Gasteiger partial charge in [0, 0.05) is 19.0 Å². The number of nitrogens with zero attached hydrogens (tertiary/aromatic N) is 1. The summed E-state index contributed by atoms with van der Waals surface area (Å²) in [7, 11) is 0. The van der Waals surface area contributed by atoms with E-state index < -0.39 is 0 Å². The van der Waals surface area contributed by atoms with Crippen LogP contribution in [0.4, 0.5) is 4.79 Å². The summed E-state index contributed by atoms with van der Waals surface area (Å²) in [6.45, 7) is 5.38. The predicted molar refractivity (Wildman–Crippen MR) is 44.9 cm³/mol. The molecule has 64 valence electrons. The summed E-state index contributed by atoms with van der Waals surface area (Å²) in [5, 5.41) is 2.86. The topological polar surface area (TPSA) is 32.3 Å². The summed E-state index contributed by atoms with van der Waals surface area (Å²) < 4.78 is 0. The Balaban J connectivity index is 2.52. The SMILES string of the molecule is CC1(C)CN(CCCl)C(=O)N1. The predicted octanol–water partition coefficient (Wildman–Crippen LogP) is 1.03. The monoisotopic (exact) mass is 176 g/mol. The van der Waals surface area contributed by atoms with Crippen molar-refractivity contribution in [2.75, 3.05) is 19.0 Å². The van der Waals surface area contributed by atoms with Crippen LogP contribution >= 0.6 is 11.6 Å². The summed E-state index contributed by atoms with van der Waals surface area (Å²) in [6, 6.07) is -0.00403. The van der Waals surface area contributed by atoms with Crippen LogP contribution in [-0.2, 0) is 0 Å². The van der Waals surface area contributed by atoms with Crippen LogP contribution in [0.5, 0.6) is 0 Å². The van der Waals surface area contributed by atoms with E-state index in [1.807, 2.05) is 13.8 Å². The lowest BCUT2D eigenvalue weighted by atomic mass is 10.1. The fourth-order valence-corrected chi connectivity index (χ4v) is 1.44. The van der Waals surface area contributed by atoms with Crippen molar-refractivity contribution in [3.63, 3.8) is 0 Å². The lowest BCUT2D eigenvalue weighted by molar-refractivity contribution is 0.220. The molecule has 0 aromatic carbocycles. The third-order valence-corrected chi connectivity index (χ3v) is 1.84. The van der Waals surface area contributed by atoms with E-state index in [1.54, 1.807) is 4.90 Å². The van der Waals surface area contributed by atoms with Crippen molar-refractivity contribution in [2.24, 2.45) is 0 Å². The number of hydrogen-bond acceptors (Lipinski definition) is 1. The lowest BCUT2D eigenvalue weighted by Gasteiger charge is -2.16. The highest BCUT2D eigenvalue weighted by atomic mass is 35.5. The minimum atomic E-state index is -0.0941. The Labute approximate surface area is 71.7 Å². The molecule has 0 unspecified atom stereocenters. The Morgan fingerprint density at radius 3 is 2.73 bits per heavy atom. The Morgan fingerprint density at radius 1 is 1.73 bits per heavy atom. The highest BCUT2D eigenvalue weighted by Crippen LogP contribution is 2.13. The fourth-order valence-electron chi connectivity index (χ4n) is 1.24. The first-order valence-electron chi connectivity index (χ1n) is 3.68. The van der Waals surface area contributed by atoms with Gasteiger partial charge >= 0.3 is 6.03 Å². The number of carbonyl (C=O) groups is 1. The first kappa shape index (κ1) is 8.65. The summed E-state index contributed by atoms with van der Waals surface area (Å²) >= 11 is 5.52. The summed E-state index contributed by atoms with van der Waals surface area (Å²) in [5.41, 5.74) is -0.0941. The van der Waals surface area contributed by atoms with Crippen LogP contribution in [0.2, 0.25) is 0 Å². The van der Waals surface area contributed by atoms with Crippen LogP contribution in [0.3, 0.4) is 0 Å². The standard InChI is InChI=1S/C7H13ClN2O/c1-7(2)5-10(4-3-8)6(11)9-7/h3-5H2,1-2H3,(H,9,11). The van der Waals surface area contributed by atoms with Gasteiger partial charge in [-0.05, 0) is 13.8 Å². The lowest BCUT2D eigenvalue weighted by Crippen LogP contribution is -2.36. The average Bonchev–Trinajstić information content (AvgIpc) is 2.07. The van der Waals surface area contributed by atoms with Gasteiger partial charge in [0.25, 0.3) is 0 Å². The van der Waals surface area contributed by atoms with E-state index in [1.165, 1.54) is 0 Å². The Morgan fingerprint density at radius 2 is 2.36 bits per heavy atom. The second kappa shape index (κ2) is 2.89. The van der Waals surface area contributed by atoms with Gasteiger partial charge in [0.1, 0.15) is 0 Å². The van der Waals surface area contributed by atoms with E-state index in [-0.39, 0.29) is 11.6 Å². The average molecular weight is 177 g/mol. The van der Waals surface area contributed by atoms with Gasteiger partial charge < -0.3 is 10.2 Å². The van der Waals surface area contributed by atoms with Crippen molar-refractivity contribution in [3.8, 4) is 0 Å². The smallest absolute Gasteiger partial charge is 0.317 e. The minimum Gasteiger partial charge on any atom is -0.331 e. The maximum Gasteiger partial charge on any atom is 0.317 e. The van der Waals surface area contributed by atoms with Gasteiger partial charge in [0.15, 0.2) is 0 Å². The molecular formula is C7H13ClN2O. The normalized spacial score (nSPS) is 22.1. The van der Waals surface area contributed by atoms with E-state index in [9.17, 15) is 4.79 Å². The number of alkyl halides is 1. The molecule has 1 N–H and O–H groups in total. The van der Waals surface area contributed by atoms with Crippen LogP contribution in [0, 0.1) is 0 Å². The highest BCUT2D eigenvalue weighted by Gasteiger charge is 2.33.